The first-order chi connectivity index (χ1) is 11.6. The van der Waals surface area contributed by atoms with E-state index in [0.717, 1.165) is 28.6 Å². The molecule has 126 valence electrons. The summed E-state index contributed by atoms with van der Waals surface area (Å²) in [5, 5.41) is 5.37. The van der Waals surface area contributed by atoms with Crippen LogP contribution in [0.5, 0.6) is 0 Å². The Morgan fingerprint density at radius 1 is 1.50 bits per heavy atom. The summed E-state index contributed by atoms with van der Waals surface area (Å²) in [6, 6.07) is 3.94. The molecule has 3 aliphatic rings. The van der Waals surface area contributed by atoms with Gasteiger partial charge in [-0.1, -0.05) is 6.07 Å². The number of nitrogens with zero attached hydrogens (tertiary/aromatic N) is 1. The fraction of sp³-hybridized carbons (Fsp3) is 0.412. The summed E-state index contributed by atoms with van der Waals surface area (Å²) in [7, 11) is 0. The fourth-order valence-electron chi connectivity index (χ4n) is 3.58. The molecule has 4 rings (SSSR count). The molecule has 24 heavy (non-hydrogen) atoms. The molecule has 1 aromatic rings. The van der Waals surface area contributed by atoms with Crippen LogP contribution in [-0.2, 0) is 14.3 Å². The van der Waals surface area contributed by atoms with E-state index in [4.69, 9.17) is 4.74 Å². The van der Waals surface area contributed by atoms with Crippen LogP contribution in [0.2, 0.25) is 0 Å². The molecule has 0 radical (unpaired) electrons. The first-order valence-electron chi connectivity index (χ1n) is 7.98. The van der Waals surface area contributed by atoms with E-state index in [0.29, 0.717) is 17.8 Å². The molecule has 0 aromatic carbocycles. The average molecular weight is 362 g/mol. The first-order valence-corrected chi connectivity index (χ1v) is 9.91. The maximum Gasteiger partial charge on any atom is 0.336 e. The molecule has 3 aliphatic heterocycles. The van der Waals surface area contributed by atoms with Gasteiger partial charge in [0.15, 0.2) is 0 Å². The third-order valence-corrected chi connectivity index (χ3v) is 6.71. The zero-order valence-electron chi connectivity index (χ0n) is 13.5. The van der Waals surface area contributed by atoms with Gasteiger partial charge in [0.1, 0.15) is 5.37 Å². The maximum atomic E-state index is 13.0. The number of thioether (sulfide) groups is 1. The van der Waals surface area contributed by atoms with E-state index >= 15 is 0 Å². The van der Waals surface area contributed by atoms with E-state index in [1.807, 2.05) is 29.3 Å². The van der Waals surface area contributed by atoms with Crippen molar-refractivity contribution in [3.8, 4) is 0 Å². The maximum absolute atomic E-state index is 13.0. The number of hydrogen-bond acceptors (Lipinski definition) is 6. The van der Waals surface area contributed by atoms with Crippen LogP contribution in [0.25, 0.3) is 0 Å². The predicted octanol–water partition coefficient (Wildman–Crippen LogP) is 2.44. The Morgan fingerprint density at radius 3 is 3.04 bits per heavy atom. The zero-order chi connectivity index (χ0) is 16.8. The normalized spacial score (nSPS) is 25.8. The van der Waals surface area contributed by atoms with Crippen molar-refractivity contribution in [1.29, 1.82) is 0 Å². The average Bonchev–Trinajstić information content (AvgIpc) is 3.27. The van der Waals surface area contributed by atoms with Crippen LogP contribution >= 0.6 is 23.1 Å². The molecule has 0 bridgehead atoms. The summed E-state index contributed by atoms with van der Waals surface area (Å²) in [5.41, 5.74) is 3.00. The second kappa shape index (κ2) is 5.97. The highest BCUT2D eigenvalue weighted by Crippen LogP contribution is 2.48. The lowest BCUT2D eigenvalue weighted by molar-refractivity contribution is -0.138. The topological polar surface area (TPSA) is 58.6 Å². The summed E-state index contributed by atoms with van der Waals surface area (Å²) in [6.45, 7) is 4.76. The van der Waals surface area contributed by atoms with Gasteiger partial charge in [-0.05, 0) is 25.3 Å². The molecule has 0 aliphatic carbocycles. The van der Waals surface area contributed by atoms with Crippen molar-refractivity contribution in [2.75, 3.05) is 18.9 Å². The van der Waals surface area contributed by atoms with E-state index < -0.39 is 0 Å². The number of nitrogens with one attached hydrogen (secondary N) is 1. The van der Waals surface area contributed by atoms with Gasteiger partial charge < -0.3 is 15.0 Å². The minimum Gasteiger partial charge on any atom is -0.463 e. The molecule has 0 spiro atoms. The van der Waals surface area contributed by atoms with Gasteiger partial charge >= 0.3 is 5.97 Å². The Morgan fingerprint density at radius 2 is 2.33 bits per heavy atom. The van der Waals surface area contributed by atoms with Gasteiger partial charge in [-0.25, -0.2) is 4.79 Å². The number of carbonyl (C=O) groups excluding carboxylic acids is 2. The number of ether oxygens (including phenoxy) is 1. The summed E-state index contributed by atoms with van der Waals surface area (Å²) < 4.78 is 5.27. The standard InChI is InChI=1S/C17H18N2O3S2/c1-3-22-17(21)11-9(2)18-14-13(12(11)10-5-4-7-23-10)15(20)19-6-8-24-16(14)19/h4-5,7,12,16,18H,3,6,8H2,1-2H3/t12-,16-/m1/s1. The highest BCUT2D eigenvalue weighted by Gasteiger charge is 2.49. The van der Waals surface area contributed by atoms with Gasteiger partial charge in [0.2, 0.25) is 0 Å². The Labute approximate surface area is 148 Å². The SMILES string of the molecule is CCOC(=O)C1=C(C)NC2=C(C(=O)N3CCS[C@H]23)[C@@H]1c1cccs1. The van der Waals surface area contributed by atoms with Crippen LogP contribution in [0, 0.1) is 0 Å². The van der Waals surface area contributed by atoms with E-state index in [9.17, 15) is 9.59 Å². The van der Waals surface area contributed by atoms with E-state index in [1.165, 1.54) is 0 Å². The van der Waals surface area contributed by atoms with Crippen molar-refractivity contribution in [2.24, 2.45) is 0 Å². The number of rotatable bonds is 3. The minimum absolute atomic E-state index is 0.0419. The van der Waals surface area contributed by atoms with Crippen LogP contribution in [0.3, 0.4) is 0 Å². The molecule has 2 atom stereocenters. The molecule has 1 fully saturated rings. The van der Waals surface area contributed by atoms with Gasteiger partial charge in [0.25, 0.3) is 5.91 Å². The third kappa shape index (κ3) is 2.22. The van der Waals surface area contributed by atoms with Gasteiger partial charge in [0, 0.05) is 22.9 Å². The molecule has 0 unspecified atom stereocenters. The Balaban J connectivity index is 1.84. The first kappa shape index (κ1) is 15.8. The number of carbonyl (C=O) groups is 2. The van der Waals surface area contributed by atoms with Gasteiger partial charge in [-0.3, -0.25) is 4.79 Å². The van der Waals surface area contributed by atoms with Crippen LogP contribution in [-0.4, -0.2) is 41.1 Å². The Hall–Kier alpha value is -1.73. The van der Waals surface area contributed by atoms with Crippen molar-refractivity contribution >= 4 is 35.0 Å². The summed E-state index contributed by atoms with van der Waals surface area (Å²) in [5.74, 6) is 0.311. The molecule has 0 saturated carbocycles. The second-order valence-corrected chi connectivity index (χ2v) is 8.05. The summed E-state index contributed by atoms with van der Waals surface area (Å²) in [6.07, 6.45) is 0. The number of allylic oxidation sites excluding steroid dienone is 1. The lowest BCUT2D eigenvalue weighted by Crippen LogP contribution is -2.31. The Bertz CT molecular complexity index is 767. The zero-order valence-corrected chi connectivity index (χ0v) is 15.1. The summed E-state index contributed by atoms with van der Waals surface area (Å²) in [4.78, 5) is 28.5. The molecule has 7 heteroatoms. The summed E-state index contributed by atoms with van der Waals surface area (Å²) >= 11 is 3.34. The van der Waals surface area contributed by atoms with Crippen LogP contribution < -0.4 is 5.32 Å². The van der Waals surface area contributed by atoms with E-state index in [2.05, 4.69) is 5.32 Å². The molecule has 1 aromatic heterocycles. The molecular weight excluding hydrogens is 344 g/mol. The third-order valence-electron chi connectivity index (χ3n) is 4.55. The molecular formula is C17H18N2O3S2. The molecule has 1 amide bonds. The monoisotopic (exact) mass is 362 g/mol. The number of esters is 1. The molecule has 5 nitrogen and oxygen atoms in total. The molecule has 1 N–H and O–H groups in total. The largest absolute Gasteiger partial charge is 0.463 e. The van der Waals surface area contributed by atoms with Gasteiger partial charge in [0.05, 0.1) is 29.4 Å². The van der Waals surface area contributed by atoms with E-state index in [1.54, 1.807) is 30.0 Å². The van der Waals surface area contributed by atoms with Gasteiger partial charge in [-0.15, -0.1) is 23.1 Å². The van der Waals surface area contributed by atoms with Crippen LogP contribution in [0.4, 0.5) is 0 Å². The van der Waals surface area contributed by atoms with Gasteiger partial charge in [-0.2, -0.15) is 0 Å². The number of thiophene rings is 1. The molecule has 1 saturated heterocycles. The number of amides is 1. The van der Waals surface area contributed by atoms with Crippen molar-refractivity contribution in [3.63, 3.8) is 0 Å². The van der Waals surface area contributed by atoms with Crippen molar-refractivity contribution in [2.45, 2.75) is 25.1 Å². The number of hydrogen-bond donors (Lipinski definition) is 1. The van der Waals surface area contributed by atoms with E-state index in [-0.39, 0.29) is 23.2 Å². The van der Waals surface area contributed by atoms with Crippen LogP contribution in [0.1, 0.15) is 24.6 Å². The molecule has 4 heterocycles. The minimum atomic E-state index is -0.347. The predicted molar refractivity (Wildman–Crippen MR) is 94.5 cm³/mol. The highest BCUT2D eigenvalue weighted by molar-refractivity contribution is 8.00. The smallest absolute Gasteiger partial charge is 0.336 e. The van der Waals surface area contributed by atoms with Crippen molar-refractivity contribution in [1.82, 2.24) is 10.2 Å². The lowest BCUT2D eigenvalue weighted by Gasteiger charge is -2.28. The number of fused-ring (bicyclic) bond motifs is 2. The fourth-order valence-corrected chi connectivity index (χ4v) is 5.68. The highest BCUT2D eigenvalue weighted by atomic mass is 32.2. The second-order valence-electron chi connectivity index (χ2n) is 5.88. The van der Waals surface area contributed by atoms with Crippen molar-refractivity contribution < 1.29 is 14.3 Å². The van der Waals surface area contributed by atoms with Crippen LogP contribution in [0.15, 0.2) is 40.1 Å². The van der Waals surface area contributed by atoms with Crippen molar-refractivity contribution in [3.05, 3.63) is 44.9 Å². The quantitative estimate of drug-likeness (QED) is 0.837. The lowest BCUT2D eigenvalue weighted by atomic mass is 9.84. The Kier molecular flexibility index (Phi) is 3.92. The number of dihydropyridines is 1.